The van der Waals surface area contributed by atoms with Crippen molar-refractivity contribution in [2.24, 2.45) is 0 Å². The highest BCUT2D eigenvalue weighted by Gasteiger charge is 2.01. The highest BCUT2D eigenvalue weighted by molar-refractivity contribution is 5.94. The second kappa shape index (κ2) is 7.48. The van der Waals surface area contributed by atoms with Crippen LogP contribution in [0.2, 0.25) is 0 Å². The number of unbranched alkanes of at least 4 members (excludes halogenated alkanes) is 1. The van der Waals surface area contributed by atoms with Crippen LogP contribution >= 0.6 is 0 Å². The Hall–Kier alpha value is -2.29. The van der Waals surface area contributed by atoms with E-state index < -0.39 is 0 Å². The zero-order chi connectivity index (χ0) is 15.1. The summed E-state index contributed by atoms with van der Waals surface area (Å²) in [6, 6.07) is 14.7. The van der Waals surface area contributed by atoms with E-state index in [-0.39, 0.29) is 5.78 Å². The van der Waals surface area contributed by atoms with Crippen molar-refractivity contribution in [1.82, 2.24) is 0 Å². The molecule has 0 aliphatic carbocycles. The van der Waals surface area contributed by atoms with Crippen LogP contribution in [0.3, 0.4) is 0 Å². The highest BCUT2D eigenvalue weighted by Crippen LogP contribution is 2.24. The number of Topliss-reactive ketones (excluding diaryl/α,β-unsaturated/α-hetero) is 1. The molecule has 0 spiro atoms. The van der Waals surface area contributed by atoms with E-state index in [1.165, 1.54) is 0 Å². The van der Waals surface area contributed by atoms with Crippen LogP contribution in [0.25, 0.3) is 0 Å². The maximum atomic E-state index is 11.2. The number of carbonyl (C=O) groups is 1. The lowest BCUT2D eigenvalue weighted by atomic mass is 10.1. The van der Waals surface area contributed by atoms with Crippen molar-refractivity contribution < 1.29 is 14.3 Å². The summed E-state index contributed by atoms with van der Waals surface area (Å²) in [7, 11) is 0. The van der Waals surface area contributed by atoms with Crippen molar-refractivity contribution in [2.75, 3.05) is 6.61 Å². The summed E-state index contributed by atoms with van der Waals surface area (Å²) >= 11 is 0. The third-order valence-corrected chi connectivity index (χ3v) is 3.09. The van der Waals surface area contributed by atoms with Gasteiger partial charge in [-0.25, -0.2) is 0 Å². The van der Waals surface area contributed by atoms with Crippen LogP contribution in [0, 0.1) is 0 Å². The fraction of sp³-hybridized carbons (Fsp3) is 0.278. The summed E-state index contributed by atoms with van der Waals surface area (Å²) in [4.78, 5) is 11.2. The van der Waals surface area contributed by atoms with E-state index in [0.717, 1.165) is 30.9 Å². The van der Waals surface area contributed by atoms with Crippen LogP contribution in [-0.2, 0) is 0 Å². The predicted molar refractivity (Wildman–Crippen MR) is 83.4 cm³/mol. The topological polar surface area (TPSA) is 35.5 Å². The number of benzene rings is 2. The summed E-state index contributed by atoms with van der Waals surface area (Å²) in [6.07, 6.45) is 2.18. The van der Waals surface area contributed by atoms with Crippen molar-refractivity contribution in [3.05, 3.63) is 54.1 Å². The number of hydrogen-bond acceptors (Lipinski definition) is 3. The summed E-state index contributed by atoms with van der Waals surface area (Å²) in [5.41, 5.74) is 0.682. The lowest BCUT2D eigenvalue weighted by molar-refractivity contribution is 0.101. The van der Waals surface area contributed by atoms with Crippen LogP contribution in [0.1, 0.15) is 37.0 Å². The Bertz CT molecular complexity index is 570. The van der Waals surface area contributed by atoms with Crippen molar-refractivity contribution in [2.45, 2.75) is 26.7 Å². The van der Waals surface area contributed by atoms with Crippen LogP contribution in [-0.4, -0.2) is 12.4 Å². The van der Waals surface area contributed by atoms with Crippen molar-refractivity contribution >= 4 is 5.78 Å². The Morgan fingerprint density at radius 1 is 0.905 bits per heavy atom. The van der Waals surface area contributed by atoms with Gasteiger partial charge in [0.2, 0.25) is 0 Å². The molecule has 0 fully saturated rings. The zero-order valence-corrected chi connectivity index (χ0v) is 12.5. The number of hydrogen-bond donors (Lipinski definition) is 0. The Morgan fingerprint density at radius 3 is 1.95 bits per heavy atom. The molecule has 110 valence electrons. The third-order valence-electron chi connectivity index (χ3n) is 3.09. The van der Waals surface area contributed by atoms with Gasteiger partial charge in [-0.05, 0) is 61.9 Å². The predicted octanol–water partition coefficient (Wildman–Crippen LogP) is 4.86. The fourth-order valence-corrected chi connectivity index (χ4v) is 1.83. The molecule has 0 radical (unpaired) electrons. The van der Waals surface area contributed by atoms with Gasteiger partial charge in [-0.1, -0.05) is 13.3 Å². The Labute approximate surface area is 125 Å². The molecule has 3 heteroatoms. The van der Waals surface area contributed by atoms with Crippen molar-refractivity contribution in [3.8, 4) is 17.2 Å². The van der Waals surface area contributed by atoms with Gasteiger partial charge >= 0.3 is 0 Å². The van der Waals surface area contributed by atoms with Crippen LogP contribution in [0.5, 0.6) is 17.2 Å². The normalized spacial score (nSPS) is 10.2. The molecule has 2 rings (SSSR count). The molecule has 0 N–H and O–H groups in total. The molecular formula is C18H20O3. The average molecular weight is 284 g/mol. The monoisotopic (exact) mass is 284 g/mol. The molecular weight excluding hydrogens is 264 g/mol. The maximum absolute atomic E-state index is 11.2. The Kier molecular flexibility index (Phi) is 5.38. The van der Waals surface area contributed by atoms with Gasteiger partial charge in [0.1, 0.15) is 17.2 Å². The summed E-state index contributed by atoms with van der Waals surface area (Å²) in [5.74, 6) is 2.35. The number of ketones is 1. The SMILES string of the molecule is CCCCOc1ccc(Oc2ccc(C(C)=O)cc2)cc1. The molecule has 0 atom stereocenters. The van der Waals surface area contributed by atoms with E-state index in [9.17, 15) is 4.79 Å². The second-order valence-corrected chi connectivity index (χ2v) is 4.86. The first-order chi connectivity index (χ1) is 10.2. The molecule has 0 heterocycles. The molecule has 2 aromatic carbocycles. The van der Waals surface area contributed by atoms with Gasteiger partial charge in [0, 0.05) is 5.56 Å². The quantitative estimate of drug-likeness (QED) is 0.538. The lowest BCUT2D eigenvalue weighted by Crippen LogP contribution is -1.96. The number of carbonyl (C=O) groups excluding carboxylic acids is 1. The van der Waals surface area contributed by atoms with Gasteiger partial charge in [-0.3, -0.25) is 4.79 Å². The first kappa shape index (κ1) is 15.1. The van der Waals surface area contributed by atoms with E-state index in [2.05, 4.69) is 6.92 Å². The Morgan fingerprint density at radius 2 is 1.43 bits per heavy atom. The van der Waals surface area contributed by atoms with Crippen LogP contribution in [0.4, 0.5) is 0 Å². The molecule has 21 heavy (non-hydrogen) atoms. The van der Waals surface area contributed by atoms with Crippen LogP contribution < -0.4 is 9.47 Å². The smallest absolute Gasteiger partial charge is 0.159 e. The molecule has 0 aromatic heterocycles. The van der Waals surface area contributed by atoms with E-state index >= 15 is 0 Å². The number of rotatable bonds is 7. The first-order valence-electron chi connectivity index (χ1n) is 7.21. The first-order valence-corrected chi connectivity index (χ1v) is 7.21. The summed E-state index contributed by atoms with van der Waals surface area (Å²) < 4.78 is 11.3. The minimum atomic E-state index is 0.0510. The molecule has 0 unspecified atom stereocenters. The molecule has 0 aliphatic rings. The van der Waals surface area contributed by atoms with Gasteiger partial charge < -0.3 is 9.47 Å². The summed E-state index contributed by atoms with van der Waals surface area (Å²) in [6.45, 7) is 4.42. The van der Waals surface area contributed by atoms with E-state index in [1.54, 1.807) is 31.2 Å². The van der Waals surface area contributed by atoms with E-state index in [4.69, 9.17) is 9.47 Å². The molecule has 0 bridgehead atoms. The molecule has 0 aliphatic heterocycles. The lowest BCUT2D eigenvalue weighted by Gasteiger charge is -2.08. The van der Waals surface area contributed by atoms with Crippen molar-refractivity contribution in [1.29, 1.82) is 0 Å². The second-order valence-electron chi connectivity index (χ2n) is 4.86. The van der Waals surface area contributed by atoms with E-state index in [0.29, 0.717) is 11.3 Å². The molecule has 3 nitrogen and oxygen atoms in total. The van der Waals surface area contributed by atoms with Gasteiger partial charge in [0.25, 0.3) is 0 Å². The minimum absolute atomic E-state index is 0.0510. The standard InChI is InChI=1S/C18H20O3/c1-3-4-13-20-16-9-11-18(12-10-16)21-17-7-5-15(6-8-17)14(2)19/h5-12H,3-4,13H2,1-2H3. The molecule has 0 saturated carbocycles. The highest BCUT2D eigenvalue weighted by atomic mass is 16.5. The number of ether oxygens (including phenoxy) is 2. The van der Waals surface area contributed by atoms with Crippen LogP contribution in [0.15, 0.2) is 48.5 Å². The van der Waals surface area contributed by atoms with Gasteiger partial charge in [0.15, 0.2) is 5.78 Å². The minimum Gasteiger partial charge on any atom is -0.494 e. The summed E-state index contributed by atoms with van der Waals surface area (Å²) in [5, 5.41) is 0. The van der Waals surface area contributed by atoms with E-state index in [1.807, 2.05) is 24.3 Å². The van der Waals surface area contributed by atoms with Crippen molar-refractivity contribution in [3.63, 3.8) is 0 Å². The average Bonchev–Trinajstić information content (AvgIpc) is 2.50. The third kappa shape index (κ3) is 4.63. The largest absolute Gasteiger partial charge is 0.494 e. The fourth-order valence-electron chi connectivity index (χ4n) is 1.83. The molecule has 0 saturated heterocycles. The van der Waals surface area contributed by atoms with Gasteiger partial charge in [-0.2, -0.15) is 0 Å². The molecule has 0 amide bonds. The van der Waals surface area contributed by atoms with Gasteiger partial charge in [0.05, 0.1) is 6.61 Å². The van der Waals surface area contributed by atoms with Gasteiger partial charge in [-0.15, -0.1) is 0 Å². The molecule has 2 aromatic rings. The Balaban J connectivity index is 1.94. The zero-order valence-electron chi connectivity index (χ0n) is 12.5. The maximum Gasteiger partial charge on any atom is 0.159 e.